The van der Waals surface area contributed by atoms with Crippen molar-refractivity contribution in [3.8, 4) is 5.75 Å². The molecule has 0 aliphatic heterocycles. The maximum atomic E-state index is 11.8. The lowest BCUT2D eigenvalue weighted by atomic mass is 10.1. The summed E-state index contributed by atoms with van der Waals surface area (Å²) in [6.45, 7) is 1.40. The van der Waals surface area contributed by atoms with Crippen molar-refractivity contribution >= 4 is 35.1 Å². The van der Waals surface area contributed by atoms with E-state index in [1.54, 1.807) is 0 Å². The van der Waals surface area contributed by atoms with Gasteiger partial charge in [0.05, 0.1) is 31.0 Å². The molecule has 1 atom stereocenters. The van der Waals surface area contributed by atoms with Crippen molar-refractivity contribution in [2.45, 2.75) is 13.0 Å². The van der Waals surface area contributed by atoms with E-state index < -0.39 is 23.9 Å². The Morgan fingerprint density at radius 2 is 1.91 bits per heavy atom. The van der Waals surface area contributed by atoms with Crippen molar-refractivity contribution in [1.82, 2.24) is 5.32 Å². The number of esters is 1. The molecule has 0 aromatic heterocycles. The summed E-state index contributed by atoms with van der Waals surface area (Å²) in [6, 6.07) is 2.56. The Kier molecular flexibility index (Phi) is 6.80. The van der Waals surface area contributed by atoms with Gasteiger partial charge in [0.1, 0.15) is 11.3 Å². The maximum absolute atomic E-state index is 11.8. The fraction of sp³-hybridized carbons (Fsp3) is 0.357. The molecule has 1 aromatic carbocycles. The zero-order chi connectivity index (χ0) is 17.6. The molecule has 0 fully saturated rings. The summed E-state index contributed by atoms with van der Waals surface area (Å²) in [6.07, 6.45) is -0.783. The summed E-state index contributed by atoms with van der Waals surface area (Å²) in [4.78, 5) is 34.9. The summed E-state index contributed by atoms with van der Waals surface area (Å²) >= 11 is 5.99. The first-order valence-corrected chi connectivity index (χ1v) is 6.91. The van der Waals surface area contributed by atoms with Crippen LogP contribution in [0.25, 0.3) is 0 Å². The Morgan fingerprint density at radius 3 is 2.43 bits per heavy atom. The number of carbonyl (C=O) groups excluding carboxylic acids is 3. The minimum Gasteiger partial charge on any atom is -0.496 e. The largest absolute Gasteiger partial charge is 0.496 e. The van der Waals surface area contributed by atoms with Crippen molar-refractivity contribution in [3.63, 3.8) is 0 Å². The number of hydrogen-bond donors (Lipinski definition) is 3. The molecule has 2 amide bonds. The van der Waals surface area contributed by atoms with Crippen LogP contribution >= 0.6 is 11.6 Å². The van der Waals surface area contributed by atoms with Crippen LogP contribution in [0.3, 0.4) is 0 Å². The van der Waals surface area contributed by atoms with Crippen molar-refractivity contribution in [3.05, 3.63) is 22.7 Å². The van der Waals surface area contributed by atoms with Gasteiger partial charge >= 0.3 is 17.8 Å². The van der Waals surface area contributed by atoms with E-state index in [0.29, 0.717) is 0 Å². The van der Waals surface area contributed by atoms with Crippen LogP contribution in [0, 0.1) is 0 Å². The Labute approximate surface area is 137 Å². The average Bonchev–Trinajstić information content (AvgIpc) is 2.52. The van der Waals surface area contributed by atoms with Crippen molar-refractivity contribution in [1.29, 1.82) is 0 Å². The fourth-order valence-electron chi connectivity index (χ4n) is 1.59. The molecule has 0 aliphatic carbocycles. The molecular formula is C14H17ClN2O6. The molecule has 23 heavy (non-hydrogen) atoms. The molecule has 0 spiro atoms. The minimum atomic E-state index is -0.972. The minimum absolute atomic E-state index is 0.0304. The molecule has 3 N–H and O–H groups in total. The van der Waals surface area contributed by atoms with Gasteiger partial charge in [0, 0.05) is 12.6 Å². The van der Waals surface area contributed by atoms with E-state index >= 15 is 0 Å². The number of hydrogen-bond acceptors (Lipinski definition) is 6. The molecule has 1 aromatic rings. The molecule has 1 rings (SSSR count). The molecule has 0 radical (unpaired) electrons. The summed E-state index contributed by atoms with van der Waals surface area (Å²) in [5, 5.41) is 13.6. The number of nitrogens with one attached hydrogen (secondary N) is 2. The van der Waals surface area contributed by atoms with E-state index in [1.165, 1.54) is 33.3 Å². The number of benzene rings is 1. The first-order chi connectivity index (χ1) is 10.8. The van der Waals surface area contributed by atoms with Crippen LogP contribution in [0.2, 0.25) is 5.02 Å². The average molecular weight is 345 g/mol. The molecule has 0 unspecified atom stereocenters. The predicted molar refractivity (Wildman–Crippen MR) is 82.7 cm³/mol. The lowest BCUT2D eigenvalue weighted by molar-refractivity contribution is -0.136. The topological polar surface area (TPSA) is 114 Å². The van der Waals surface area contributed by atoms with E-state index in [2.05, 4.69) is 15.4 Å². The molecule has 0 aliphatic rings. The summed E-state index contributed by atoms with van der Waals surface area (Å²) < 4.78 is 9.64. The van der Waals surface area contributed by atoms with E-state index in [1.807, 2.05) is 0 Å². The van der Waals surface area contributed by atoms with E-state index in [0.717, 1.165) is 0 Å². The zero-order valence-corrected chi connectivity index (χ0v) is 13.6. The Morgan fingerprint density at radius 1 is 1.26 bits per heavy atom. The molecule has 0 saturated heterocycles. The highest BCUT2D eigenvalue weighted by atomic mass is 35.5. The standard InChI is InChI=1S/C14H17ClN2O6/c1-7(18)6-16-12(19)13(20)17-10-5-11(22-2)8(4-9(10)15)14(21)23-3/h4-5,7,18H,6H2,1-3H3,(H,16,19)(H,17,20)/t7-/m1/s1. The Balaban J connectivity index is 2.94. The highest BCUT2D eigenvalue weighted by Gasteiger charge is 2.20. The first-order valence-electron chi connectivity index (χ1n) is 6.53. The van der Waals surface area contributed by atoms with Gasteiger partial charge in [0.15, 0.2) is 0 Å². The van der Waals surface area contributed by atoms with Gasteiger partial charge in [-0.1, -0.05) is 11.6 Å². The van der Waals surface area contributed by atoms with Gasteiger partial charge in [-0.3, -0.25) is 9.59 Å². The number of ether oxygens (including phenoxy) is 2. The van der Waals surface area contributed by atoms with Crippen LogP contribution in [0.15, 0.2) is 12.1 Å². The Hall–Kier alpha value is -2.32. The second-order valence-corrected chi connectivity index (χ2v) is 4.94. The number of carbonyl (C=O) groups is 3. The van der Waals surface area contributed by atoms with Crippen molar-refractivity contribution in [2.75, 3.05) is 26.1 Å². The molecular weight excluding hydrogens is 328 g/mol. The molecule has 0 bridgehead atoms. The van der Waals surface area contributed by atoms with Crippen LogP contribution < -0.4 is 15.4 Å². The Bertz CT molecular complexity index is 618. The second kappa shape index (κ2) is 8.35. The van der Waals surface area contributed by atoms with Gasteiger partial charge in [-0.15, -0.1) is 0 Å². The number of rotatable bonds is 5. The maximum Gasteiger partial charge on any atom is 0.341 e. The SMILES string of the molecule is COC(=O)c1cc(Cl)c(NC(=O)C(=O)NC[C@@H](C)O)cc1OC. The number of methoxy groups -OCH3 is 2. The summed E-state index contributed by atoms with van der Waals surface area (Å²) in [5.41, 5.74) is 0.171. The molecule has 9 heteroatoms. The smallest absolute Gasteiger partial charge is 0.341 e. The van der Waals surface area contributed by atoms with Gasteiger partial charge in [0.25, 0.3) is 0 Å². The van der Waals surface area contributed by atoms with E-state index in [-0.39, 0.29) is 28.6 Å². The predicted octanol–water partition coefficient (Wildman–Crippen LogP) is 0.571. The third kappa shape index (κ3) is 5.11. The highest BCUT2D eigenvalue weighted by Crippen LogP contribution is 2.31. The second-order valence-electron chi connectivity index (χ2n) is 4.54. The van der Waals surface area contributed by atoms with Crippen LogP contribution in [0.1, 0.15) is 17.3 Å². The number of aliphatic hydroxyl groups is 1. The van der Waals surface area contributed by atoms with E-state index in [4.69, 9.17) is 21.4 Å². The molecule has 0 heterocycles. The van der Waals surface area contributed by atoms with Gasteiger partial charge < -0.3 is 25.2 Å². The normalized spacial score (nSPS) is 11.3. The quantitative estimate of drug-likeness (QED) is 0.531. The lowest BCUT2D eigenvalue weighted by Gasteiger charge is -2.12. The van der Waals surface area contributed by atoms with Gasteiger partial charge in [-0.2, -0.15) is 0 Å². The molecule has 0 saturated carbocycles. The van der Waals surface area contributed by atoms with E-state index in [9.17, 15) is 14.4 Å². The third-order valence-electron chi connectivity index (χ3n) is 2.71. The molecule has 8 nitrogen and oxygen atoms in total. The summed E-state index contributed by atoms with van der Waals surface area (Å²) in [7, 11) is 2.54. The fourth-order valence-corrected chi connectivity index (χ4v) is 1.80. The van der Waals surface area contributed by atoms with Crippen molar-refractivity contribution in [2.24, 2.45) is 0 Å². The van der Waals surface area contributed by atoms with Gasteiger partial charge in [-0.25, -0.2) is 4.79 Å². The van der Waals surface area contributed by atoms with Crippen molar-refractivity contribution < 1.29 is 29.0 Å². The number of amides is 2. The highest BCUT2D eigenvalue weighted by molar-refractivity contribution is 6.41. The van der Waals surface area contributed by atoms with Crippen LogP contribution in [-0.4, -0.2) is 49.8 Å². The summed E-state index contributed by atoms with van der Waals surface area (Å²) in [5.74, 6) is -2.43. The monoisotopic (exact) mass is 344 g/mol. The van der Waals surface area contributed by atoms with Gasteiger partial charge in [-0.05, 0) is 13.0 Å². The number of aliphatic hydroxyl groups excluding tert-OH is 1. The molecule has 126 valence electrons. The first kappa shape index (κ1) is 18.7. The number of halogens is 1. The van der Waals surface area contributed by atoms with Crippen LogP contribution in [-0.2, 0) is 14.3 Å². The van der Waals surface area contributed by atoms with Crippen LogP contribution in [0.4, 0.5) is 5.69 Å². The number of anilines is 1. The van der Waals surface area contributed by atoms with Gasteiger partial charge in [0.2, 0.25) is 0 Å². The lowest BCUT2D eigenvalue weighted by Crippen LogP contribution is -2.38. The van der Waals surface area contributed by atoms with Crippen LogP contribution in [0.5, 0.6) is 5.75 Å². The zero-order valence-electron chi connectivity index (χ0n) is 12.8. The third-order valence-corrected chi connectivity index (χ3v) is 3.02.